The molecule has 0 aliphatic carbocycles. The molecule has 1 amide bonds. The number of amides is 1. The number of nitrogens with zero attached hydrogens (tertiary/aromatic N) is 1. The molecular formula is C11H17Cl2N3O. The minimum absolute atomic E-state index is 0. The molecule has 1 aliphatic rings. The van der Waals surface area contributed by atoms with Crippen molar-refractivity contribution < 1.29 is 4.79 Å². The van der Waals surface area contributed by atoms with Crippen LogP contribution in [0.3, 0.4) is 0 Å². The lowest BCUT2D eigenvalue weighted by molar-refractivity contribution is -0.124. The van der Waals surface area contributed by atoms with E-state index in [4.69, 9.17) is 0 Å². The van der Waals surface area contributed by atoms with Crippen LogP contribution in [0.1, 0.15) is 12.0 Å². The van der Waals surface area contributed by atoms with E-state index in [0.717, 1.165) is 25.1 Å². The highest BCUT2D eigenvalue weighted by Crippen LogP contribution is 2.07. The molecule has 1 aromatic heterocycles. The Morgan fingerprint density at radius 2 is 2.12 bits per heavy atom. The van der Waals surface area contributed by atoms with Gasteiger partial charge >= 0.3 is 0 Å². The molecule has 1 aliphatic heterocycles. The van der Waals surface area contributed by atoms with Gasteiger partial charge in [-0.25, -0.2) is 0 Å². The molecule has 1 saturated heterocycles. The normalized spacial score (nSPS) is 17.8. The number of nitrogens with one attached hydrogen (secondary N) is 2. The van der Waals surface area contributed by atoms with Crippen LogP contribution in [-0.2, 0) is 11.3 Å². The number of hydrogen-bond donors (Lipinski definition) is 2. The SMILES string of the molecule is Cl.Cl.O=C(NCc1ccncc1)C1CCNC1. The largest absolute Gasteiger partial charge is 0.352 e. The van der Waals surface area contributed by atoms with Crippen LogP contribution in [0, 0.1) is 5.92 Å². The second-order valence-electron chi connectivity index (χ2n) is 3.76. The fraction of sp³-hybridized carbons (Fsp3) is 0.455. The molecule has 0 radical (unpaired) electrons. The molecule has 0 aromatic carbocycles. The Morgan fingerprint density at radius 1 is 1.41 bits per heavy atom. The molecule has 1 aromatic rings. The molecule has 1 atom stereocenters. The third-order valence-electron chi connectivity index (χ3n) is 2.65. The van der Waals surface area contributed by atoms with Crippen LogP contribution >= 0.6 is 24.8 Å². The average molecular weight is 278 g/mol. The first-order valence-electron chi connectivity index (χ1n) is 5.23. The van der Waals surface area contributed by atoms with Gasteiger partial charge in [0.05, 0.1) is 5.92 Å². The van der Waals surface area contributed by atoms with E-state index in [9.17, 15) is 4.79 Å². The third-order valence-corrected chi connectivity index (χ3v) is 2.65. The van der Waals surface area contributed by atoms with E-state index in [-0.39, 0.29) is 36.6 Å². The van der Waals surface area contributed by atoms with Crippen LogP contribution in [-0.4, -0.2) is 24.0 Å². The van der Waals surface area contributed by atoms with Gasteiger partial charge in [0.25, 0.3) is 0 Å². The van der Waals surface area contributed by atoms with Gasteiger partial charge in [-0.3, -0.25) is 9.78 Å². The fourth-order valence-electron chi connectivity index (χ4n) is 1.71. The molecule has 0 saturated carbocycles. The van der Waals surface area contributed by atoms with Gasteiger partial charge in [0, 0.05) is 25.5 Å². The summed E-state index contributed by atoms with van der Waals surface area (Å²) in [6.45, 7) is 2.35. The highest BCUT2D eigenvalue weighted by atomic mass is 35.5. The van der Waals surface area contributed by atoms with Crippen LogP contribution in [0.2, 0.25) is 0 Å². The predicted molar refractivity (Wildman–Crippen MR) is 71.6 cm³/mol. The van der Waals surface area contributed by atoms with Crippen LogP contribution in [0.15, 0.2) is 24.5 Å². The number of rotatable bonds is 3. The van der Waals surface area contributed by atoms with Crippen molar-refractivity contribution in [1.29, 1.82) is 0 Å². The van der Waals surface area contributed by atoms with Crippen molar-refractivity contribution >= 4 is 30.7 Å². The minimum Gasteiger partial charge on any atom is -0.352 e. The molecule has 2 N–H and O–H groups in total. The standard InChI is InChI=1S/C11H15N3O.2ClH/c15-11(10-3-6-13-8-10)14-7-9-1-4-12-5-2-9;;/h1-2,4-5,10,13H,3,6-8H2,(H,14,15);2*1H. The van der Waals surface area contributed by atoms with Crippen molar-refractivity contribution in [1.82, 2.24) is 15.6 Å². The Morgan fingerprint density at radius 3 is 2.71 bits per heavy atom. The van der Waals surface area contributed by atoms with E-state index in [2.05, 4.69) is 15.6 Å². The number of aromatic nitrogens is 1. The summed E-state index contributed by atoms with van der Waals surface area (Å²) in [5.41, 5.74) is 1.09. The second-order valence-corrected chi connectivity index (χ2v) is 3.76. The molecule has 1 unspecified atom stereocenters. The van der Waals surface area contributed by atoms with Crippen LogP contribution < -0.4 is 10.6 Å². The number of carbonyl (C=O) groups is 1. The Hall–Kier alpha value is -0.840. The van der Waals surface area contributed by atoms with Crippen molar-refractivity contribution in [3.05, 3.63) is 30.1 Å². The minimum atomic E-state index is 0. The molecular weight excluding hydrogens is 261 g/mol. The third kappa shape index (κ3) is 4.89. The molecule has 0 spiro atoms. The summed E-state index contributed by atoms with van der Waals surface area (Å²) in [4.78, 5) is 15.6. The van der Waals surface area contributed by atoms with Crippen molar-refractivity contribution in [3.63, 3.8) is 0 Å². The van der Waals surface area contributed by atoms with Crippen molar-refractivity contribution in [2.75, 3.05) is 13.1 Å². The first-order chi connectivity index (χ1) is 7.36. The fourth-order valence-corrected chi connectivity index (χ4v) is 1.71. The number of halogens is 2. The Kier molecular flexibility index (Phi) is 7.87. The molecule has 2 heterocycles. The molecule has 1 fully saturated rings. The zero-order valence-corrected chi connectivity index (χ0v) is 11.0. The van der Waals surface area contributed by atoms with Gasteiger partial charge < -0.3 is 10.6 Å². The lowest BCUT2D eigenvalue weighted by Crippen LogP contribution is -2.31. The van der Waals surface area contributed by atoms with E-state index < -0.39 is 0 Å². The van der Waals surface area contributed by atoms with Gasteiger partial charge in [-0.1, -0.05) is 0 Å². The highest BCUT2D eigenvalue weighted by Gasteiger charge is 2.21. The van der Waals surface area contributed by atoms with Crippen molar-refractivity contribution in [2.45, 2.75) is 13.0 Å². The monoisotopic (exact) mass is 277 g/mol. The molecule has 6 heteroatoms. The molecule has 4 nitrogen and oxygen atoms in total. The highest BCUT2D eigenvalue weighted by molar-refractivity contribution is 5.85. The lowest BCUT2D eigenvalue weighted by atomic mass is 10.1. The van der Waals surface area contributed by atoms with Crippen molar-refractivity contribution in [2.24, 2.45) is 5.92 Å². The van der Waals surface area contributed by atoms with Gasteiger partial charge in [0.1, 0.15) is 0 Å². The van der Waals surface area contributed by atoms with Crippen molar-refractivity contribution in [3.8, 4) is 0 Å². The van der Waals surface area contributed by atoms with Crippen LogP contribution in [0.5, 0.6) is 0 Å². The van der Waals surface area contributed by atoms with Crippen LogP contribution in [0.4, 0.5) is 0 Å². The van der Waals surface area contributed by atoms with E-state index in [1.807, 2.05) is 12.1 Å². The van der Waals surface area contributed by atoms with E-state index in [1.54, 1.807) is 12.4 Å². The van der Waals surface area contributed by atoms with Gasteiger partial charge in [0.15, 0.2) is 0 Å². The molecule has 0 bridgehead atoms. The van der Waals surface area contributed by atoms with E-state index in [1.165, 1.54) is 0 Å². The summed E-state index contributed by atoms with van der Waals surface area (Å²) >= 11 is 0. The van der Waals surface area contributed by atoms with E-state index in [0.29, 0.717) is 6.54 Å². The smallest absolute Gasteiger partial charge is 0.224 e. The number of hydrogen-bond acceptors (Lipinski definition) is 3. The first-order valence-corrected chi connectivity index (χ1v) is 5.23. The summed E-state index contributed by atoms with van der Waals surface area (Å²) in [6.07, 6.45) is 4.42. The summed E-state index contributed by atoms with van der Waals surface area (Å²) in [7, 11) is 0. The van der Waals surface area contributed by atoms with Gasteiger partial charge in [-0.15, -0.1) is 24.8 Å². The second kappa shape index (κ2) is 8.28. The van der Waals surface area contributed by atoms with Crippen LogP contribution in [0.25, 0.3) is 0 Å². The Balaban J connectivity index is 0.00000128. The molecule has 96 valence electrons. The summed E-state index contributed by atoms with van der Waals surface area (Å²) in [5.74, 6) is 0.295. The average Bonchev–Trinajstić information content (AvgIpc) is 2.81. The van der Waals surface area contributed by atoms with Gasteiger partial charge in [-0.05, 0) is 30.7 Å². The quantitative estimate of drug-likeness (QED) is 0.872. The topological polar surface area (TPSA) is 54.0 Å². The summed E-state index contributed by atoms with van der Waals surface area (Å²) in [6, 6.07) is 3.82. The zero-order chi connectivity index (χ0) is 10.5. The predicted octanol–water partition coefficient (Wildman–Crippen LogP) is 1.15. The Labute approximate surface area is 113 Å². The maximum Gasteiger partial charge on any atom is 0.224 e. The van der Waals surface area contributed by atoms with E-state index >= 15 is 0 Å². The maximum atomic E-state index is 11.7. The zero-order valence-electron chi connectivity index (χ0n) is 9.39. The summed E-state index contributed by atoms with van der Waals surface area (Å²) in [5, 5.41) is 6.11. The Bertz CT molecular complexity index is 329. The lowest BCUT2D eigenvalue weighted by Gasteiger charge is -2.09. The first kappa shape index (κ1) is 16.2. The number of carbonyl (C=O) groups excluding carboxylic acids is 1. The molecule has 2 rings (SSSR count). The summed E-state index contributed by atoms with van der Waals surface area (Å²) < 4.78 is 0. The van der Waals surface area contributed by atoms with Gasteiger partial charge in [-0.2, -0.15) is 0 Å². The number of pyridine rings is 1. The maximum absolute atomic E-state index is 11.7. The van der Waals surface area contributed by atoms with Gasteiger partial charge in [0.2, 0.25) is 5.91 Å². The molecule has 17 heavy (non-hydrogen) atoms.